The molecule has 5 N–H and O–H groups in total. The standard InChI is InChI=1S/C12H19NO4/c1-2-12(7-14,8-15)13-6-9-3-4-10(16)11(17)5-9/h3-5,13-17H,2,6-8H2,1H3. The minimum absolute atomic E-state index is 0.163. The van der Waals surface area contributed by atoms with Crippen LogP contribution in [0, 0.1) is 0 Å². The Morgan fingerprint density at radius 3 is 2.24 bits per heavy atom. The number of hydrogen-bond donors (Lipinski definition) is 5. The summed E-state index contributed by atoms with van der Waals surface area (Å²) in [5.74, 6) is -0.348. The molecule has 5 heteroatoms. The van der Waals surface area contributed by atoms with Crippen molar-refractivity contribution in [3.63, 3.8) is 0 Å². The molecular weight excluding hydrogens is 222 g/mol. The number of phenolic OH excluding ortho intramolecular Hbond substituents is 2. The maximum absolute atomic E-state index is 9.32. The normalized spacial score (nSPS) is 11.7. The van der Waals surface area contributed by atoms with Crippen molar-refractivity contribution in [1.82, 2.24) is 5.32 Å². The second kappa shape index (κ2) is 5.86. The topological polar surface area (TPSA) is 93.0 Å². The van der Waals surface area contributed by atoms with Gasteiger partial charge in [0.05, 0.1) is 18.8 Å². The molecule has 96 valence electrons. The Bertz CT molecular complexity index is 355. The van der Waals surface area contributed by atoms with Gasteiger partial charge in [-0.1, -0.05) is 13.0 Å². The van der Waals surface area contributed by atoms with Crippen LogP contribution in [0.4, 0.5) is 0 Å². The third kappa shape index (κ3) is 3.33. The largest absolute Gasteiger partial charge is 0.504 e. The number of aliphatic hydroxyl groups is 2. The Balaban J connectivity index is 2.68. The van der Waals surface area contributed by atoms with Gasteiger partial charge in [-0.15, -0.1) is 0 Å². The van der Waals surface area contributed by atoms with Crippen LogP contribution in [0.2, 0.25) is 0 Å². The van der Waals surface area contributed by atoms with E-state index >= 15 is 0 Å². The van der Waals surface area contributed by atoms with E-state index in [0.29, 0.717) is 13.0 Å². The first-order valence-electron chi connectivity index (χ1n) is 5.54. The Hall–Kier alpha value is -1.30. The molecule has 0 atom stereocenters. The molecule has 0 heterocycles. The summed E-state index contributed by atoms with van der Waals surface area (Å²) in [6, 6.07) is 4.51. The number of nitrogens with one attached hydrogen (secondary N) is 1. The summed E-state index contributed by atoms with van der Waals surface area (Å²) in [4.78, 5) is 0. The van der Waals surface area contributed by atoms with E-state index in [-0.39, 0.29) is 24.7 Å². The molecule has 1 aromatic carbocycles. The van der Waals surface area contributed by atoms with Gasteiger partial charge < -0.3 is 25.7 Å². The average molecular weight is 241 g/mol. The van der Waals surface area contributed by atoms with Crippen molar-refractivity contribution in [3.05, 3.63) is 23.8 Å². The molecule has 1 rings (SSSR count). The Morgan fingerprint density at radius 1 is 1.12 bits per heavy atom. The van der Waals surface area contributed by atoms with Gasteiger partial charge in [-0.25, -0.2) is 0 Å². The van der Waals surface area contributed by atoms with E-state index in [9.17, 15) is 15.3 Å². The fourth-order valence-corrected chi connectivity index (χ4v) is 1.48. The second-order valence-electron chi connectivity index (χ2n) is 4.13. The molecule has 0 aliphatic carbocycles. The molecule has 0 aromatic heterocycles. The van der Waals surface area contributed by atoms with Crippen LogP contribution in [0.15, 0.2) is 18.2 Å². The predicted molar refractivity (Wildman–Crippen MR) is 63.8 cm³/mol. The van der Waals surface area contributed by atoms with Gasteiger partial charge in [0.1, 0.15) is 0 Å². The van der Waals surface area contributed by atoms with E-state index in [1.165, 1.54) is 12.1 Å². The van der Waals surface area contributed by atoms with Crippen molar-refractivity contribution in [2.75, 3.05) is 13.2 Å². The lowest BCUT2D eigenvalue weighted by atomic mass is 9.98. The van der Waals surface area contributed by atoms with E-state index in [2.05, 4.69) is 5.32 Å². The lowest BCUT2D eigenvalue weighted by Gasteiger charge is -2.29. The smallest absolute Gasteiger partial charge is 0.157 e. The molecule has 0 spiro atoms. The average Bonchev–Trinajstić information content (AvgIpc) is 2.36. The van der Waals surface area contributed by atoms with Crippen LogP contribution >= 0.6 is 0 Å². The van der Waals surface area contributed by atoms with Crippen LogP contribution in [-0.2, 0) is 6.54 Å². The Kier molecular flexibility index (Phi) is 4.74. The van der Waals surface area contributed by atoms with Crippen LogP contribution in [0.1, 0.15) is 18.9 Å². The monoisotopic (exact) mass is 241 g/mol. The van der Waals surface area contributed by atoms with Crippen LogP contribution in [-0.4, -0.2) is 39.2 Å². The number of aliphatic hydroxyl groups excluding tert-OH is 2. The van der Waals surface area contributed by atoms with E-state index in [1.807, 2.05) is 6.92 Å². The molecule has 0 bridgehead atoms. The molecule has 17 heavy (non-hydrogen) atoms. The fourth-order valence-electron chi connectivity index (χ4n) is 1.48. The third-order valence-electron chi connectivity index (χ3n) is 2.99. The molecule has 0 aliphatic rings. The molecule has 0 aliphatic heterocycles. The van der Waals surface area contributed by atoms with Gasteiger partial charge in [0.15, 0.2) is 11.5 Å². The quantitative estimate of drug-likeness (QED) is 0.463. The first-order chi connectivity index (χ1) is 8.06. The van der Waals surface area contributed by atoms with Crippen LogP contribution in [0.25, 0.3) is 0 Å². The van der Waals surface area contributed by atoms with Gasteiger partial charge >= 0.3 is 0 Å². The zero-order valence-corrected chi connectivity index (χ0v) is 9.85. The molecule has 0 amide bonds. The van der Waals surface area contributed by atoms with Crippen molar-refractivity contribution in [2.45, 2.75) is 25.4 Å². The molecule has 5 nitrogen and oxygen atoms in total. The van der Waals surface area contributed by atoms with Gasteiger partial charge in [-0.3, -0.25) is 0 Å². The molecular formula is C12H19NO4. The Labute approximate surface area is 100 Å². The lowest BCUT2D eigenvalue weighted by Crippen LogP contribution is -2.50. The van der Waals surface area contributed by atoms with Crippen LogP contribution in [0.3, 0.4) is 0 Å². The molecule has 1 aromatic rings. The Morgan fingerprint density at radius 2 is 1.76 bits per heavy atom. The fraction of sp³-hybridized carbons (Fsp3) is 0.500. The van der Waals surface area contributed by atoms with E-state index < -0.39 is 5.54 Å². The summed E-state index contributed by atoms with van der Waals surface area (Å²) in [6.07, 6.45) is 0.587. The zero-order valence-electron chi connectivity index (χ0n) is 9.85. The van der Waals surface area contributed by atoms with Gasteiger partial charge in [-0.05, 0) is 24.1 Å². The lowest BCUT2D eigenvalue weighted by molar-refractivity contribution is 0.0864. The van der Waals surface area contributed by atoms with Crippen molar-refractivity contribution in [1.29, 1.82) is 0 Å². The van der Waals surface area contributed by atoms with Gasteiger partial charge in [0.25, 0.3) is 0 Å². The summed E-state index contributed by atoms with van der Waals surface area (Å²) in [5.41, 5.74) is 0.0491. The van der Waals surface area contributed by atoms with E-state index in [4.69, 9.17) is 5.11 Å². The van der Waals surface area contributed by atoms with Gasteiger partial charge in [0, 0.05) is 6.54 Å². The molecule has 0 unspecified atom stereocenters. The first kappa shape index (κ1) is 13.8. The van der Waals surface area contributed by atoms with Gasteiger partial charge in [-0.2, -0.15) is 0 Å². The number of rotatable bonds is 6. The van der Waals surface area contributed by atoms with Crippen molar-refractivity contribution in [2.24, 2.45) is 0 Å². The minimum Gasteiger partial charge on any atom is -0.504 e. The number of hydrogen-bond acceptors (Lipinski definition) is 5. The summed E-state index contributed by atoms with van der Waals surface area (Å²) < 4.78 is 0. The van der Waals surface area contributed by atoms with E-state index in [1.54, 1.807) is 6.07 Å². The summed E-state index contributed by atoms with van der Waals surface area (Å²) >= 11 is 0. The van der Waals surface area contributed by atoms with Gasteiger partial charge in [0.2, 0.25) is 0 Å². The van der Waals surface area contributed by atoms with Crippen molar-refractivity contribution >= 4 is 0 Å². The molecule has 0 fully saturated rings. The predicted octanol–water partition coefficient (Wildman–Crippen LogP) is 0.321. The number of aromatic hydroxyl groups is 2. The summed E-state index contributed by atoms with van der Waals surface area (Å²) in [7, 11) is 0. The SMILES string of the molecule is CCC(CO)(CO)NCc1ccc(O)c(O)c1. The summed E-state index contributed by atoms with van der Waals surface area (Å²) in [5, 5.41) is 40.0. The number of benzene rings is 1. The minimum atomic E-state index is -0.715. The molecule has 0 saturated carbocycles. The maximum atomic E-state index is 9.32. The van der Waals surface area contributed by atoms with Crippen molar-refractivity contribution in [3.8, 4) is 11.5 Å². The highest BCUT2D eigenvalue weighted by atomic mass is 16.3. The van der Waals surface area contributed by atoms with Crippen LogP contribution < -0.4 is 5.32 Å². The maximum Gasteiger partial charge on any atom is 0.157 e. The highest BCUT2D eigenvalue weighted by Gasteiger charge is 2.25. The third-order valence-corrected chi connectivity index (χ3v) is 2.99. The first-order valence-corrected chi connectivity index (χ1v) is 5.54. The highest BCUT2D eigenvalue weighted by molar-refractivity contribution is 5.40. The zero-order chi connectivity index (χ0) is 12.9. The second-order valence-corrected chi connectivity index (χ2v) is 4.13. The number of phenols is 2. The van der Waals surface area contributed by atoms with E-state index in [0.717, 1.165) is 5.56 Å². The highest BCUT2D eigenvalue weighted by Crippen LogP contribution is 2.25. The van der Waals surface area contributed by atoms with Crippen molar-refractivity contribution < 1.29 is 20.4 Å². The molecule has 0 radical (unpaired) electrons. The summed E-state index contributed by atoms with van der Waals surface area (Å²) in [6.45, 7) is 1.94. The molecule has 0 saturated heterocycles. The van der Waals surface area contributed by atoms with Crippen LogP contribution in [0.5, 0.6) is 11.5 Å².